The van der Waals surface area contributed by atoms with Crippen LogP contribution in [-0.4, -0.2) is 63.5 Å². The van der Waals surface area contributed by atoms with Crippen LogP contribution in [0.25, 0.3) is 0 Å². The third kappa shape index (κ3) is 3.11. The fraction of sp³-hybridized carbons (Fsp3) is 0.562. The maximum Gasteiger partial charge on any atom is 0.292 e. The van der Waals surface area contributed by atoms with E-state index in [0.717, 1.165) is 4.90 Å². The zero-order chi connectivity index (χ0) is 20.8. The number of ether oxygens (including phenoxy) is 1. The zero-order valence-electron chi connectivity index (χ0n) is 16.1. The Labute approximate surface area is 147 Å². The van der Waals surface area contributed by atoms with Gasteiger partial charge in [-0.25, -0.2) is 0 Å². The van der Waals surface area contributed by atoms with Gasteiger partial charge in [-0.3, -0.25) is 4.79 Å². The molecule has 0 bridgehead atoms. The molecular formula is C16H20N2O7. The molecule has 6 atom stereocenters. The first kappa shape index (κ1) is 14.1. The van der Waals surface area contributed by atoms with Crippen molar-refractivity contribution in [2.24, 2.45) is 0 Å². The summed E-state index contributed by atoms with van der Waals surface area (Å²) in [4.78, 5) is 24.0. The number of hydrogen-bond donors (Lipinski definition) is 3. The Morgan fingerprint density at radius 2 is 2.16 bits per heavy atom. The Morgan fingerprint density at radius 1 is 1.40 bits per heavy atom. The van der Waals surface area contributed by atoms with E-state index in [9.17, 15) is 30.0 Å². The number of rotatable bonds is 3. The van der Waals surface area contributed by atoms with Gasteiger partial charge in [-0.1, -0.05) is 0 Å². The second-order valence-corrected chi connectivity index (χ2v) is 6.14. The molecule has 136 valence electrons. The summed E-state index contributed by atoms with van der Waals surface area (Å²) in [6.07, 6.45) is -5.41. The number of pyridine rings is 1. The maximum atomic E-state index is 12.0. The van der Waals surface area contributed by atoms with Crippen LogP contribution in [0.5, 0.6) is 0 Å². The molecule has 0 aromatic carbocycles. The van der Waals surface area contributed by atoms with Crippen molar-refractivity contribution in [2.45, 2.75) is 49.5 Å². The van der Waals surface area contributed by atoms with Gasteiger partial charge in [0.25, 0.3) is 6.23 Å². The first-order valence-corrected chi connectivity index (χ1v) is 7.75. The van der Waals surface area contributed by atoms with Crippen LogP contribution in [-0.2, 0) is 14.3 Å². The van der Waals surface area contributed by atoms with E-state index < -0.39 is 55.5 Å². The highest BCUT2D eigenvalue weighted by atomic mass is 16.6. The average Bonchev–Trinajstić information content (AvgIpc) is 3.01. The van der Waals surface area contributed by atoms with Gasteiger partial charge in [-0.05, 0) is 12.5 Å². The Morgan fingerprint density at radius 3 is 2.84 bits per heavy atom. The molecule has 25 heavy (non-hydrogen) atoms. The molecule has 3 rings (SSSR count). The zero-order valence-corrected chi connectivity index (χ0v) is 13.1. The van der Waals surface area contributed by atoms with Gasteiger partial charge in [0.1, 0.15) is 18.3 Å². The summed E-state index contributed by atoms with van der Waals surface area (Å²) in [5.74, 6) is -2.26. The van der Waals surface area contributed by atoms with E-state index >= 15 is 0 Å². The number of carbonyl (C=O) groups is 2. The number of carboxylic acid groups (broad SMARTS) is 1. The number of aliphatic carboxylic acids is 1. The molecule has 1 amide bonds. The molecular weight excluding hydrogens is 332 g/mol. The smallest absolute Gasteiger partial charge is 0.292 e. The quantitative estimate of drug-likeness (QED) is 0.492. The number of carbonyl (C=O) groups excluding carboxylic acids is 2. The lowest BCUT2D eigenvalue weighted by molar-refractivity contribution is -0.777. The standard InChI is InChI=1S/C16H20N2O7/c1-17-9(4-5-10(17)19)8-3-2-6-18(7-8)15-13(22)11(20)12(21)14(25-15)16(23)24/h2-3,6-7,9,11-15,20-22H,4-5H2,1H3/t9-,11+,12-,13?,14?,15+/m0/s1/i1D3. The van der Waals surface area contributed by atoms with Crippen LogP contribution in [0, 0.1) is 0 Å². The Balaban J connectivity index is 1.93. The van der Waals surface area contributed by atoms with Crippen molar-refractivity contribution in [3.05, 3.63) is 30.1 Å². The summed E-state index contributed by atoms with van der Waals surface area (Å²) in [5.41, 5.74) is 0.436. The topological polar surface area (TPSA) is 134 Å². The predicted octanol–water partition coefficient (Wildman–Crippen LogP) is -3.00. The third-order valence-corrected chi connectivity index (χ3v) is 4.56. The molecule has 2 aliphatic heterocycles. The number of aliphatic hydroxyl groups is 3. The number of aliphatic hydroxyl groups excluding tert-OH is 3. The number of aromatic nitrogens is 1. The molecule has 2 unspecified atom stereocenters. The second kappa shape index (κ2) is 6.68. The number of likely N-dealkylation sites (tertiary alicyclic amines) is 1. The summed E-state index contributed by atoms with van der Waals surface area (Å²) in [7, 11) is 0. The fourth-order valence-corrected chi connectivity index (χ4v) is 3.17. The van der Waals surface area contributed by atoms with E-state index in [1.807, 2.05) is 0 Å². The molecule has 0 spiro atoms. The highest BCUT2D eigenvalue weighted by Gasteiger charge is 2.49. The number of hydrogen-bond acceptors (Lipinski definition) is 7. The van der Waals surface area contributed by atoms with Crippen LogP contribution < -0.4 is 9.67 Å². The minimum Gasteiger partial charge on any atom is -0.547 e. The van der Waals surface area contributed by atoms with Crippen LogP contribution in [0.4, 0.5) is 0 Å². The summed E-state index contributed by atoms with van der Waals surface area (Å²) in [6.45, 7) is -2.62. The molecule has 1 aromatic rings. The lowest BCUT2D eigenvalue weighted by Gasteiger charge is -2.37. The van der Waals surface area contributed by atoms with Gasteiger partial charge in [0.2, 0.25) is 5.91 Å². The third-order valence-electron chi connectivity index (χ3n) is 4.56. The molecule has 9 nitrogen and oxygen atoms in total. The Hall–Kier alpha value is -2.07. The van der Waals surface area contributed by atoms with Crippen molar-refractivity contribution in [1.82, 2.24) is 4.90 Å². The fourth-order valence-electron chi connectivity index (χ4n) is 3.17. The number of amides is 1. The predicted molar refractivity (Wildman–Crippen MR) is 78.3 cm³/mol. The van der Waals surface area contributed by atoms with E-state index in [1.165, 1.54) is 23.0 Å². The minimum atomic E-state index is -2.62. The lowest BCUT2D eigenvalue weighted by Crippen LogP contribution is -2.65. The maximum absolute atomic E-state index is 12.0. The van der Waals surface area contributed by atoms with E-state index in [1.54, 1.807) is 6.07 Å². The lowest BCUT2D eigenvalue weighted by atomic mass is 9.97. The van der Waals surface area contributed by atoms with Gasteiger partial charge in [-0.15, -0.1) is 0 Å². The minimum absolute atomic E-state index is 0.0676. The molecule has 1 aromatic heterocycles. The van der Waals surface area contributed by atoms with Crippen LogP contribution in [0.1, 0.15) is 34.8 Å². The van der Waals surface area contributed by atoms with Crippen LogP contribution in [0.3, 0.4) is 0 Å². The largest absolute Gasteiger partial charge is 0.547 e. The molecule has 0 radical (unpaired) electrons. The van der Waals surface area contributed by atoms with Crippen molar-refractivity contribution in [3.63, 3.8) is 0 Å². The molecule has 2 aliphatic rings. The average molecular weight is 355 g/mol. The van der Waals surface area contributed by atoms with Crippen molar-refractivity contribution < 1.29 is 43.4 Å². The van der Waals surface area contributed by atoms with Crippen molar-refractivity contribution in [2.75, 3.05) is 6.98 Å². The van der Waals surface area contributed by atoms with E-state index in [4.69, 9.17) is 8.85 Å². The summed E-state index contributed by atoms with van der Waals surface area (Å²) in [6, 6.07) is 2.37. The number of carboxylic acids is 1. The summed E-state index contributed by atoms with van der Waals surface area (Å²) >= 11 is 0. The van der Waals surface area contributed by atoms with E-state index in [-0.39, 0.29) is 12.8 Å². The van der Waals surface area contributed by atoms with Gasteiger partial charge in [0.05, 0.1) is 12.0 Å². The molecule has 0 saturated carbocycles. The van der Waals surface area contributed by atoms with Gasteiger partial charge < -0.3 is 34.9 Å². The van der Waals surface area contributed by atoms with Gasteiger partial charge in [-0.2, -0.15) is 4.57 Å². The SMILES string of the molecule is [2H]C([2H])([2H])N1C(=O)CC[C@H]1c1ccc[n+]([C@@H]2OC(C(=O)[O-])[C@@H](O)[C@@H](O)C2O)c1. The Bertz CT molecular complexity index is 775. The highest BCUT2D eigenvalue weighted by Crippen LogP contribution is 2.31. The first-order chi connectivity index (χ1) is 13.0. The number of nitrogens with zero attached hydrogens (tertiary/aromatic N) is 2. The first-order valence-electron chi connectivity index (χ1n) is 9.25. The molecule has 2 saturated heterocycles. The monoisotopic (exact) mass is 355 g/mol. The second-order valence-electron chi connectivity index (χ2n) is 6.14. The normalized spacial score (nSPS) is 38.1. The van der Waals surface area contributed by atoms with Crippen LogP contribution in [0.15, 0.2) is 24.5 Å². The van der Waals surface area contributed by atoms with Crippen molar-refractivity contribution in [3.8, 4) is 0 Å². The highest BCUT2D eigenvalue weighted by molar-refractivity contribution is 5.78. The van der Waals surface area contributed by atoms with Gasteiger partial charge >= 0.3 is 0 Å². The van der Waals surface area contributed by atoms with Gasteiger partial charge in [0.15, 0.2) is 18.5 Å². The van der Waals surface area contributed by atoms with Crippen LogP contribution in [0.2, 0.25) is 0 Å². The van der Waals surface area contributed by atoms with Gasteiger partial charge in [0, 0.05) is 29.1 Å². The molecule has 3 N–H and O–H groups in total. The molecule has 3 heterocycles. The van der Waals surface area contributed by atoms with E-state index in [2.05, 4.69) is 0 Å². The Kier molecular flexibility index (Phi) is 3.78. The molecule has 0 aliphatic carbocycles. The summed E-state index contributed by atoms with van der Waals surface area (Å²) in [5, 5.41) is 41.1. The van der Waals surface area contributed by atoms with Crippen molar-refractivity contribution in [1.29, 1.82) is 0 Å². The van der Waals surface area contributed by atoms with Crippen LogP contribution >= 0.6 is 0 Å². The summed E-state index contributed by atoms with van der Waals surface area (Å²) < 4.78 is 29.2. The van der Waals surface area contributed by atoms with E-state index in [0.29, 0.717) is 5.56 Å². The molecule has 9 heteroatoms. The van der Waals surface area contributed by atoms with Crippen molar-refractivity contribution >= 4 is 11.9 Å². The molecule has 2 fully saturated rings.